The van der Waals surface area contributed by atoms with Crippen molar-refractivity contribution in [3.05, 3.63) is 65.2 Å². The molecule has 0 bridgehead atoms. The Kier molecular flexibility index (Phi) is 14.1. The molecule has 2 aromatic carbocycles. The zero-order chi connectivity index (χ0) is 35.8. The first-order valence-electron chi connectivity index (χ1n) is 16.4. The standard InChI is InChI=1S/C37H59NO7Si2/c1-26(35(40)42-10)15-20-33(39)38-30-21-29(22-32(23-30)43-25-28-16-18-31(41-9)19-17-28)34(45-47(13,14)37(6,7)8)27(2)24-44-46(11,12)36(3,4)5/h15-19,21-23,27,34H,20,24-25H2,1-14H3,(H,38,39)/b26-15-/t27-,34-/m0/s1. The smallest absolute Gasteiger partial charge is 0.333 e. The van der Waals surface area contributed by atoms with Crippen molar-refractivity contribution in [3.63, 3.8) is 0 Å². The van der Waals surface area contributed by atoms with Gasteiger partial charge in [-0.15, -0.1) is 0 Å². The summed E-state index contributed by atoms with van der Waals surface area (Å²) in [4.78, 5) is 24.9. The zero-order valence-electron chi connectivity index (χ0n) is 31.3. The average Bonchev–Trinajstić information content (AvgIpc) is 2.98. The minimum atomic E-state index is -2.25. The Bertz CT molecular complexity index is 1370. The minimum absolute atomic E-state index is 0.0179. The summed E-state index contributed by atoms with van der Waals surface area (Å²) >= 11 is 0. The highest BCUT2D eigenvalue weighted by Gasteiger charge is 2.42. The van der Waals surface area contributed by atoms with Crippen LogP contribution in [0.1, 0.15) is 79.0 Å². The van der Waals surface area contributed by atoms with Crippen molar-refractivity contribution in [1.29, 1.82) is 0 Å². The van der Waals surface area contributed by atoms with Crippen LogP contribution in [0.15, 0.2) is 54.1 Å². The molecule has 1 amide bonds. The van der Waals surface area contributed by atoms with Crippen LogP contribution in [0.4, 0.5) is 5.69 Å². The maximum absolute atomic E-state index is 13.1. The van der Waals surface area contributed by atoms with Gasteiger partial charge in [-0.25, -0.2) is 4.79 Å². The summed E-state index contributed by atoms with van der Waals surface area (Å²) in [6, 6.07) is 13.5. The highest BCUT2D eigenvalue weighted by Crippen LogP contribution is 2.44. The Hall–Kier alpha value is -2.93. The summed E-state index contributed by atoms with van der Waals surface area (Å²) in [5, 5.41) is 3.07. The van der Waals surface area contributed by atoms with Gasteiger partial charge in [0.1, 0.15) is 18.1 Å². The number of carbonyl (C=O) groups excluding carboxylic acids is 2. The molecule has 0 fully saturated rings. The van der Waals surface area contributed by atoms with Crippen LogP contribution in [0.25, 0.3) is 0 Å². The summed E-state index contributed by atoms with van der Waals surface area (Å²) in [6.45, 7) is 27.2. The Morgan fingerprint density at radius 2 is 1.47 bits per heavy atom. The zero-order valence-corrected chi connectivity index (χ0v) is 33.3. The Morgan fingerprint density at radius 3 is 2.00 bits per heavy atom. The number of methoxy groups -OCH3 is 2. The number of hydrogen-bond donors (Lipinski definition) is 1. The van der Waals surface area contributed by atoms with Crippen molar-refractivity contribution >= 4 is 34.2 Å². The molecule has 0 unspecified atom stereocenters. The first kappa shape index (κ1) is 40.2. The lowest BCUT2D eigenvalue weighted by atomic mass is 9.97. The predicted molar refractivity (Wildman–Crippen MR) is 196 cm³/mol. The first-order valence-corrected chi connectivity index (χ1v) is 22.2. The fourth-order valence-electron chi connectivity index (χ4n) is 4.18. The normalized spacial score (nSPS) is 14.3. The van der Waals surface area contributed by atoms with Gasteiger partial charge >= 0.3 is 5.97 Å². The number of nitrogens with one attached hydrogen (secondary N) is 1. The number of anilines is 1. The molecule has 8 nitrogen and oxygen atoms in total. The fraction of sp³-hybridized carbons (Fsp3) is 0.568. The van der Waals surface area contributed by atoms with Gasteiger partial charge in [0.15, 0.2) is 16.6 Å². The van der Waals surface area contributed by atoms with Crippen molar-refractivity contribution < 1.29 is 32.7 Å². The van der Waals surface area contributed by atoms with Gasteiger partial charge in [-0.05, 0) is 78.6 Å². The second-order valence-electron chi connectivity index (χ2n) is 15.4. The van der Waals surface area contributed by atoms with Crippen molar-refractivity contribution in [2.75, 3.05) is 26.1 Å². The molecule has 262 valence electrons. The molecule has 0 heterocycles. The van der Waals surface area contributed by atoms with Crippen LogP contribution in [0.5, 0.6) is 11.5 Å². The molecule has 0 saturated heterocycles. The van der Waals surface area contributed by atoms with Crippen LogP contribution >= 0.6 is 0 Å². The van der Waals surface area contributed by atoms with E-state index in [1.807, 2.05) is 42.5 Å². The molecule has 0 aliphatic heterocycles. The second-order valence-corrected chi connectivity index (χ2v) is 25.0. The largest absolute Gasteiger partial charge is 0.497 e. The summed E-state index contributed by atoms with van der Waals surface area (Å²) in [5.41, 5.74) is 2.85. The molecule has 0 aromatic heterocycles. The van der Waals surface area contributed by atoms with Gasteiger partial charge in [0, 0.05) is 36.3 Å². The predicted octanol–water partition coefficient (Wildman–Crippen LogP) is 9.44. The van der Waals surface area contributed by atoms with Crippen molar-refractivity contribution in [2.24, 2.45) is 5.92 Å². The quantitative estimate of drug-likeness (QED) is 0.113. The number of esters is 1. The molecule has 0 radical (unpaired) electrons. The van der Waals surface area contributed by atoms with E-state index in [4.69, 9.17) is 23.1 Å². The van der Waals surface area contributed by atoms with E-state index in [1.165, 1.54) is 7.11 Å². The molecule has 2 atom stereocenters. The highest BCUT2D eigenvalue weighted by molar-refractivity contribution is 6.74. The lowest BCUT2D eigenvalue weighted by Crippen LogP contribution is -2.45. The highest BCUT2D eigenvalue weighted by atomic mass is 28.4. The van der Waals surface area contributed by atoms with Crippen molar-refractivity contribution in [2.45, 2.75) is 111 Å². The van der Waals surface area contributed by atoms with Gasteiger partial charge < -0.3 is 28.4 Å². The average molecular weight is 686 g/mol. The Labute approximate surface area is 285 Å². The third-order valence-electron chi connectivity index (χ3n) is 9.46. The summed E-state index contributed by atoms with van der Waals surface area (Å²) in [5.74, 6) is 0.675. The fourth-order valence-corrected chi connectivity index (χ4v) is 6.65. The molecule has 0 saturated carbocycles. The first-order chi connectivity index (χ1) is 21.6. The molecule has 0 spiro atoms. The van der Waals surface area contributed by atoms with E-state index in [0.29, 0.717) is 30.2 Å². The van der Waals surface area contributed by atoms with E-state index in [2.05, 4.69) is 80.0 Å². The minimum Gasteiger partial charge on any atom is -0.497 e. The lowest BCUT2D eigenvalue weighted by molar-refractivity contribution is -0.136. The van der Waals surface area contributed by atoms with Crippen molar-refractivity contribution in [3.8, 4) is 11.5 Å². The molecule has 0 aliphatic rings. The molecule has 47 heavy (non-hydrogen) atoms. The van der Waals surface area contributed by atoms with Crippen LogP contribution in [-0.2, 0) is 29.8 Å². The molecular weight excluding hydrogens is 627 g/mol. The molecule has 10 heteroatoms. The van der Waals surface area contributed by atoms with Gasteiger partial charge in [-0.3, -0.25) is 4.79 Å². The number of benzene rings is 2. The molecule has 1 N–H and O–H groups in total. The van der Waals surface area contributed by atoms with Gasteiger partial charge in [0.25, 0.3) is 0 Å². The third kappa shape index (κ3) is 11.9. The van der Waals surface area contributed by atoms with Crippen LogP contribution < -0.4 is 14.8 Å². The summed E-state index contributed by atoms with van der Waals surface area (Å²) in [7, 11) is -1.30. The van der Waals surface area contributed by atoms with Crippen molar-refractivity contribution in [1.82, 2.24) is 0 Å². The van der Waals surface area contributed by atoms with Crippen LogP contribution in [0.2, 0.25) is 36.3 Å². The van der Waals surface area contributed by atoms with E-state index in [9.17, 15) is 9.59 Å². The maximum atomic E-state index is 13.1. The second kappa shape index (κ2) is 16.5. The van der Waals surface area contributed by atoms with Gasteiger partial charge in [-0.1, -0.05) is 66.7 Å². The molecule has 2 rings (SSSR count). The van der Waals surface area contributed by atoms with Gasteiger partial charge in [0.2, 0.25) is 5.91 Å². The SMILES string of the molecule is COC(=O)/C(C)=C\CC(=O)Nc1cc(OCc2ccc(OC)cc2)cc([C@@H](O[Si](C)(C)C(C)(C)C)[C@@H](C)CO[Si](C)(C)C(C)(C)C)c1. The van der Waals surface area contributed by atoms with Crippen LogP contribution in [0, 0.1) is 5.92 Å². The Balaban J connectivity index is 2.55. The van der Waals surface area contributed by atoms with Gasteiger partial charge in [0.05, 0.1) is 20.3 Å². The number of carbonyl (C=O) groups is 2. The van der Waals surface area contributed by atoms with Crippen LogP contribution in [0.3, 0.4) is 0 Å². The summed E-state index contributed by atoms with van der Waals surface area (Å²) < 4.78 is 30.2. The van der Waals surface area contributed by atoms with E-state index in [0.717, 1.165) is 16.9 Å². The monoisotopic (exact) mass is 685 g/mol. The molecule has 0 aliphatic carbocycles. The van der Waals surface area contributed by atoms with Crippen LogP contribution in [-0.4, -0.2) is 49.3 Å². The van der Waals surface area contributed by atoms with Gasteiger partial charge in [-0.2, -0.15) is 0 Å². The Morgan fingerprint density at radius 1 is 0.872 bits per heavy atom. The lowest BCUT2D eigenvalue weighted by Gasteiger charge is -2.42. The van der Waals surface area contributed by atoms with E-state index >= 15 is 0 Å². The number of hydrogen-bond acceptors (Lipinski definition) is 7. The van der Waals surface area contributed by atoms with E-state index in [-0.39, 0.29) is 34.4 Å². The van der Waals surface area contributed by atoms with E-state index < -0.39 is 22.6 Å². The number of ether oxygens (including phenoxy) is 3. The number of amides is 1. The topological polar surface area (TPSA) is 92.3 Å². The molecular formula is C37H59NO7Si2. The number of rotatable bonds is 15. The summed E-state index contributed by atoms with van der Waals surface area (Å²) in [6.07, 6.45) is 1.28. The molecule has 2 aromatic rings. The maximum Gasteiger partial charge on any atom is 0.333 e. The third-order valence-corrected chi connectivity index (χ3v) is 18.4. The van der Waals surface area contributed by atoms with E-state index in [1.54, 1.807) is 20.1 Å².